The van der Waals surface area contributed by atoms with Gasteiger partial charge in [-0.05, 0) is 24.8 Å². The van der Waals surface area contributed by atoms with Crippen molar-refractivity contribution in [3.63, 3.8) is 0 Å². The Bertz CT molecular complexity index is 782. The summed E-state index contributed by atoms with van der Waals surface area (Å²) in [5.41, 5.74) is 3.67. The van der Waals surface area contributed by atoms with Crippen LogP contribution in [0.25, 0.3) is 5.57 Å². The van der Waals surface area contributed by atoms with Crippen LogP contribution in [0.2, 0.25) is 0 Å². The van der Waals surface area contributed by atoms with E-state index >= 15 is 0 Å². The van der Waals surface area contributed by atoms with Gasteiger partial charge in [0.25, 0.3) is 0 Å². The van der Waals surface area contributed by atoms with Crippen molar-refractivity contribution >= 4 is 23.0 Å². The fourth-order valence-electron chi connectivity index (χ4n) is 3.34. The topological polar surface area (TPSA) is 69.5 Å². The van der Waals surface area contributed by atoms with Gasteiger partial charge in [-0.25, -0.2) is 4.79 Å². The minimum absolute atomic E-state index is 0.0862. The molecule has 0 N–H and O–H groups in total. The molecule has 0 aliphatic heterocycles. The van der Waals surface area contributed by atoms with Crippen LogP contribution in [0.4, 0.5) is 0 Å². The Balaban J connectivity index is 2.17. The molecule has 27 heavy (non-hydrogen) atoms. The molecule has 0 spiro atoms. The molecule has 0 saturated heterocycles. The highest BCUT2D eigenvalue weighted by Crippen LogP contribution is 2.53. The first kappa shape index (κ1) is 20.7. The van der Waals surface area contributed by atoms with E-state index in [1.165, 1.54) is 20.5 Å². The Morgan fingerprint density at radius 2 is 2.00 bits per heavy atom. The van der Waals surface area contributed by atoms with Gasteiger partial charge >= 0.3 is 5.97 Å². The normalized spacial score (nSPS) is 23.0. The molecule has 0 radical (unpaired) electrons. The Hall–Kier alpha value is -2.63. The van der Waals surface area contributed by atoms with Crippen molar-refractivity contribution in [2.24, 2.45) is 21.5 Å². The Morgan fingerprint density at radius 1 is 1.33 bits per heavy atom. The summed E-state index contributed by atoms with van der Waals surface area (Å²) in [5.74, 6) is 0.129. The number of benzene rings is 1. The largest absolute Gasteiger partial charge is 0.503 e. The number of oxime groups is 1. The molecule has 1 fully saturated rings. The first-order valence-electron chi connectivity index (χ1n) is 8.92. The molecular formula is C21H28N2O4. The van der Waals surface area contributed by atoms with E-state index in [4.69, 9.17) is 14.3 Å². The number of nitrogens with zero attached hydrogens (tertiary/aromatic N) is 2. The maximum Gasteiger partial charge on any atom is 0.341 e. The molecule has 2 unspecified atom stereocenters. The second-order valence-electron chi connectivity index (χ2n) is 6.96. The van der Waals surface area contributed by atoms with E-state index in [2.05, 4.69) is 24.0 Å². The van der Waals surface area contributed by atoms with Crippen molar-refractivity contribution in [2.45, 2.75) is 33.8 Å². The molecule has 146 valence electrons. The van der Waals surface area contributed by atoms with Crippen molar-refractivity contribution < 1.29 is 19.1 Å². The third kappa shape index (κ3) is 4.56. The highest BCUT2D eigenvalue weighted by atomic mass is 16.6. The number of hydrogen-bond donors (Lipinski definition) is 0. The van der Waals surface area contributed by atoms with Crippen LogP contribution in [0.15, 0.2) is 40.7 Å². The molecule has 0 bridgehead atoms. The summed E-state index contributed by atoms with van der Waals surface area (Å²) in [5, 5.41) is 4.26. The highest BCUT2D eigenvalue weighted by Gasteiger charge is 2.51. The third-order valence-electron chi connectivity index (χ3n) is 5.14. The van der Waals surface area contributed by atoms with Crippen LogP contribution in [0.1, 0.15) is 38.3 Å². The molecule has 0 heterocycles. The maximum atomic E-state index is 12.1. The minimum atomic E-state index is -0.472. The summed E-state index contributed by atoms with van der Waals surface area (Å²) < 4.78 is 9.88. The van der Waals surface area contributed by atoms with Crippen LogP contribution in [0.5, 0.6) is 0 Å². The maximum absolute atomic E-state index is 12.1. The highest BCUT2D eigenvalue weighted by molar-refractivity contribution is 6.43. The van der Waals surface area contributed by atoms with Crippen LogP contribution in [0, 0.1) is 11.3 Å². The van der Waals surface area contributed by atoms with E-state index in [1.807, 2.05) is 31.2 Å². The van der Waals surface area contributed by atoms with Crippen molar-refractivity contribution in [3.05, 3.63) is 41.7 Å². The molecular weight excluding hydrogens is 344 g/mol. The lowest BCUT2D eigenvalue weighted by atomic mass is 9.96. The fourth-order valence-corrected chi connectivity index (χ4v) is 3.34. The van der Waals surface area contributed by atoms with Gasteiger partial charge in [-0.1, -0.05) is 43.3 Å². The summed E-state index contributed by atoms with van der Waals surface area (Å²) in [6, 6.07) is 7.43. The van der Waals surface area contributed by atoms with Gasteiger partial charge in [-0.2, -0.15) is 0 Å². The van der Waals surface area contributed by atoms with Gasteiger partial charge in [0, 0.05) is 18.0 Å². The number of esters is 1. The summed E-state index contributed by atoms with van der Waals surface area (Å²) in [6.07, 6.45) is 2.48. The first-order valence-corrected chi connectivity index (χ1v) is 8.92. The van der Waals surface area contributed by atoms with Crippen molar-refractivity contribution in [1.82, 2.24) is 0 Å². The van der Waals surface area contributed by atoms with Gasteiger partial charge in [0.2, 0.25) is 0 Å². The van der Waals surface area contributed by atoms with E-state index in [1.54, 1.807) is 7.05 Å². The molecule has 1 saturated carbocycles. The second kappa shape index (κ2) is 8.84. The van der Waals surface area contributed by atoms with E-state index in [0.717, 1.165) is 23.4 Å². The zero-order valence-corrected chi connectivity index (χ0v) is 16.9. The van der Waals surface area contributed by atoms with Gasteiger partial charge in [-0.15, -0.1) is 0 Å². The zero-order chi connectivity index (χ0) is 20.0. The predicted octanol–water partition coefficient (Wildman–Crippen LogP) is 3.86. The summed E-state index contributed by atoms with van der Waals surface area (Å²) in [4.78, 5) is 22.1. The molecule has 0 amide bonds. The number of aliphatic imine (C=N–C) groups is 1. The summed E-state index contributed by atoms with van der Waals surface area (Å²) in [6.45, 7) is 6.54. The second-order valence-corrected chi connectivity index (χ2v) is 6.96. The van der Waals surface area contributed by atoms with Gasteiger partial charge in [0.1, 0.15) is 12.2 Å². The first-order chi connectivity index (χ1) is 12.9. The van der Waals surface area contributed by atoms with Gasteiger partial charge < -0.3 is 14.3 Å². The monoisotopic (exact) mass is 372 g/mol. The summed E-state index contributed by atoms with van der Waals surface area (Å²) >= 11 is 0. The number of ether oxygens (including phenoxy) is 2. The Kier molecular flexibility index (Phi) is 6.77. The van der Waals surface area contributed by atoms with Gasteiger partial charge in [0.05, 0.1) is 31.9 Å². The lowest BCUT2D eigenvalue weighted by molar-refractivity contribution is -0.133. The van der Waals surface area contributed by atoms with Crippen molar-refractivity contribution in [2.75, 3.05) is 21.3 Å². The smallest absolute Gasteiger partial charge is 0.341 e. The number of rotatable bonds is 8. The standard InChI is InChI=1S/C21H28N2O4/c1-14-11-21(14,3)19(22-4)15(2)23-27-12-16-9-7-8-10-17(16)18(13-25-5)20(24)26-6/h7-10,13-14H,11-12H2,1-6H3/b18-13+,22-19?,23-15-. The quantitative estimate of drug-likeness (QED) is 0.228. The zero-order valence-electron chi connectivity index (χ0n) is 16.9. The van der Waals surface area contributed by atoms with Crippen molar-refractivity contribution in [3.8, 4) is 0 Å². The van der Waals surface area contributed by atoms with E-state index in [-0.39, 0.29) is 12.0 Å². The average Bonchev–Trinajstić information content (AvgIpc) is 3.27. The average molecular weight is 372 g/mol. The molecule has 0 aromatic heterocycles. The molecule has 2 rings (SSSR count). The molecule has 2 atom stereocenters. The lowest BCUT2D eigenvalue weighted by Crippen LogP contribution is -2.22. The lowest BCUT2D eigenvalue weighted by Gasteiger charge is -2.14. The van der Waals surface area contributed by atoms with Crippen LogP contribution in [-0.4, -0.2) is 38.7 Å². The molecule has 6 nitrogen and oxygen atoms in total. The molecule has 6 heteroatoms. The number of hydrogen-bond acceptors (Lipinski definition) is 6. The fraction of sp³-hybridized carbons (Fsp3) is 0.476. The number of methoxy groups -OCH3 is 2. The van der Waals surface area contributed by atoms with Crippen LogP contribution in [0.3, 0.4) is 0 Å². The minimum Gasteiger partial charge on any atom is -0.503 e. The molecule has 1 aliphatic rings. The predicted molar refractivity (Wildman–Crippen MR) is 107 cm³/mol. The van der Waals surface area contributed by atoms with E-state index < -0.39 is 5.97 Å². The number of carbonyl (C=O) groups is 1. The van der Waals surface area contributed by atoms with Gasteiger partial charge in [-0.3, -0.25) is 4.99 Å². The number of carbonyl (C=O) groups excluding carboxylic acids is 1. The molecule has 1 aromatic carbocycles. The molecule has 1 aromatic rings. The summed E-state index contributed by atoms with van der Waals surface area (Å²) in [7, 11) is 4.61. The van der Waals surface area contributed by atoms with Crippen LogP contribution in [-0.2, 0) is 25.7 Å². The van der Waals surface area contributed by atoms with Gasteiger partial charge in [0.15, 0.2) is 0 Å². The molecule has 1 aliphatic carbocycles. The van der Waals surface area contributed by atoms with Crippen LogP contribution >= 0.6 is 0 Å². The van der Waals surface area contributed by atoms with Crippen molar-refractivity contribution in [1.29, 1.82) is 0 Å². The van der Waals surface area contributed by atoms with E-state index in [9.17, 15) is 4.79 Å². The van der Waals surface area contributed by atoms with E-state index in [0.29, 0.717) is 17.1 Å². The Labute approximate surface area is 160 Å². The third-order valence-corrected chi connectivity index (χ3v) is 5.14. The van der Waals surface area contributed by atoms with Crippen LogP contribution < -0.4 is 0 Å². The Morgan fingerprint density at radius 3 is 2.56 bits per heavy atom. The SMILES string of the molecule is CN=C(/C(C)=N\OCc1ccccc1/C(=C\OC)C(=O)OC)C1(C)CC1C.